The summed E-state index contributed by atoms with van der Waals surface area (Å²) in [7, 11) is 3.24. The summed E-state index contributed by atoms with van der Waals surface area (Å²) >= 11 is 1.38. The van der Waals surface area contributed by atoms with Crippen LogP contribution in [0.1, 0.15) is 0 Å². The maximum Gasteiger partial charge on any atom is 0.266 e. The molecular formula is C10H13N5O2S. The van der Waals surface area contributed by atoms with Gasteiger partial charge in [0.15, 0.2) is 5.01 Å². The molecule has 2 aromatic heterocycles. The number of nitrogens with one attached hydrogen (secondary N) is 1. The van der Waals surface area contributed by atoms with Gasteiger partial charge in [0.25, 0.3) is 5.56 Å². The number of anilines is 1. The highest BCUT2D eigenvalue weighted by molar-refractivity contribution is 7.18. The molecule has 18 heavy (non-hydrogen) atoms. The Morgan fingerprint density at radius 1 is 1.44 bits per heavy atom. The van der Waals surface area contributed by atoms with Gasteiger partial charge in [-0.3, -0.25) is 4.79 Å². The van der Waals surface area contributed by atoms with Crippen LogP contribution in [-0.4, -0.2) is 40.2 Å². The predicted molar refractivity (Wildman–Crippen MR) is 68.7 cm³/mol. The number of hydrogen-bond acceptors (Lipinski definition) is 7. The second kappa shape index (κ2) is 5.69. The molecule has 8 heteroatoms. The minimum Gasteiger partial charge on any atom is -0.383 e. The summed E-state index contributed by atoms with van der Waals surface area (Å²) in [5.41, 5.74) is 0.482. The first-order valence-electron chi connectivity index (χ1n) is 5.32. The van der Waals surface area contributed by atoms with Crippen molar-refractivity contribution in [2.75, 3.05) is 25.6 Å². The van der Waals surface area contributed by atoms with E-state index in [2.05, 4.69) is 20.6 Å². The molecular weight excluding hydrogens is 254 g/mol. The lowest BCUT2D eigenvalue weighted by molar-refractivity contribution is 0.211. The minimum atomic E-state index is -0.151. The average molecular weight is 267 g/mol. The van der Waals surface area contributed by atoms with E-state index >= 15 is 0 Å². The molecule has 2 aromatic rings. The van der Waals surface area contributed by atoms with Crippen LogP contribution in [0.5, 0.6) is 0 Å². The van der Waals surface area contributed by atoms with Gasteiger partial charge in [0.2, 0.25) is 5.13 Å². The fourth-order valence-electron chi connectivity index (χ4n) is 1.27. The van der Waals surface area contributed by atoms with Crippen molar-refractivity contribution in [1.29, 1.82) is 0 Å². The van der Waals surface area contributed by atoms with Crippen LogP contribution in [0, 0.1) is 0 Å². The second-order valence-electron chi connectivity index (χ2n) is 3.51. The lowest BCUT2D eigenvalue weighted by Crippen LogP contribution is -2.18. The monoisotopic (exact) mass is 267 g/mol. The Hall–Kier alpha value is -1.80. The van der Waals surface area contributed by atoms with Gasteiger partial charge >= 0.3 is 0 Å². The van der Waals surface area contributed by atoms with Gasteiger partial charge in [-0.15, -0.1) is 10.2 Å². The molecule has 0 saturated carbocycles. The summed E-state index contributed by atoms with van der Waals surface area (Å²) in [6.45, 7) is 1.28. The third-order valence-electron chi connectivity index (χ3n) is 2.19. The number of hydrogen-bond donors (Lipinski definition) is 1. The van der Waals surface area contributed by atoms with E-state index in [-0.39, 0.29) is 5.56 Å². The third kappa shape index (κ3) is 2.90. The van der Waals surface area contributed by atoms with E-state index in [1.165, 1.54) is 22.1 Å². The number of aromatic nitrogens is 4. The van der Waals surface area contributed by atoms with Gasteiger partial charge in [-0.25, -0.2) is 4.68 Å². The van der Waals surface area contributed by atoms with E-state index in [0.29, 0.717) is 29.0 Å². The first-order valence-corrected chi connectivity index (χ1v) is 6.13. The molecule has 0 radical (unpaired) electrons. The van der Waals surface area contributed by atoms with Crippen LogP contribution in [0.2, 0.25) is 0 Å². The van der Waals surface area contributed by atoms with Gasteiger partial charge in [0.1, 0.15) is 5.69 Å². The molecule has 2 rings (SSSR count). The zero-order chi connectivity index (χ0) is 13.0. The minimum absolute atomic E-state index is 0.151. The summed E-state index contributed by atoms with van der Waals surface area (Å²) in [6, 6.07) is 3.10. The van der Waals surface area contributed by atoms with E-state index in [1.807, 2.05) is 0 Å². The van der Waals surface area contributed by atoms with Crippen molar-refractivity contribution in [2.24, 2.45) is 7.05 Å². The van der Waals surface area contributed by atoms with Crippen LogP contribution in [0.3, 0.4) is 0 Å². The Morgan fingerprint density at radius 3 is 3.00 bits per heavy atom. The maximum atomic E-state index is 11.2. The summed E-state index contributed by atoms with van der Waals surface area (Å²) in [5, 5.41) is 16.6. The molecule has 2 heterocycles. The molecule has 96 valence electrons. The van der Waals surface area contributed by atoms with Gasteiger partial charge in [-0.2, -0.15) is 5.10 Å². The van der Waals surface area contributed by atoms with Crippen molar-refractivity contribution >= 4 is 16.5 Å². The lowest BCUT2D eigenvalue weighted by atomic mass is 10.4. The van der Waals surface area contributed by atoms with Gasteiger partial charge in [-0.05, 0) is 6.07 Å². The first kappa shape index (κ1) is 12.7. The van der Waals surface area contributed by atoms with Gasteiger partial charge in [-0.1, -0.05) is 11.3 Å². The topological polar surface area (TPSA) is 81.9 Å². The zero-order valence-corrected chi connectivity index (χ0v) is 10.9. The Kier molecular flexibility index (Phi) is 4.00. The molecule has 0 bridgehead atoms. The molecule has 0 spiro atoms. The number of ether oxygens (including phenoxy) is 1. The average Bonchev–Trinajstić information content (AvgIpc) is 2.82. The van der Waals surface area contributed by atoms with Gasteiger partial charge < -0.3 is 10.1 Å². The summed E-state index contributed by atoms with van der Waals surface area (Å²) in [5.74, 6) is 0. The quantitative estimate of drug-likeness (QED) is 0.788. The van der Waals surface area contributed by atoms with Crippen molar-refractivity contribution in [3.8, 4) is 10.7 Å². The largest absolute Gasteiger partial charge is 0.383 e. The molecule has 0 unspecified atom stereocenters. The Labute approximate surface area is 107 Å². The van der Waals surface area contributed by atoms with Gasteiger partial charge in [0, 0.05) is 26.8 Å². The number of nitrogens with zero attached hydrogens (tertiary/aromatic N) is 4. The smallest absolute Gasteiger partial charge is 0.266 e. The van der Waals surface area contributed by atoms with Crippen molar-refractivity contribution < 1.29 is 4.74 Å². The molecule has 0 atom stereocenters. The van der Waals surface area contributed by atoms with E-state index < -0.39 is 0 Å². The highest BCUT2D eigenvalue weighted by Crippen LogP contribution is 2.23. The Bertz CT molecular complexity index is 580. The normalized spacial score (nSPS) is 10.6. The lowest BCUT2D eigenvalue weighted by Gasteiger charge is -1.99. The highest BCUT2D eigenvalue weighted by atomic mass is 32.1. The number of rotatable bonds is 5. The first-order chi connectivity index (χ1) is 8.70. The maximum absolute atomic E-state index is 11.2. The fraction of sp³-hybridized carbons (Fsp3) is 0.400. The van der Waals surface area contributed by atoms with E-state index in [0.717, 1.165) is 0 Å². The van der Waals surface area contributed by atoms with Crippen LogP contribution in [-0.2, 0) is 11.8 Å². The Morgan fingerprint density at radius 2 is 2.28 bits per heavy atom. The molecule has 7 nitrogen and oxygen atoms in total. The van der Waals surface area contributed by atoms with Crippen molar-refractivity contribution in [2.45, 2.75) is 0 Å². The number of methoxy groups -OCH3 is 1. The molecule has 0 aromatic carbocycles. The Balaban J connectivity index is 2.13. The fourth-order valence-corrected chi connectivity index (χ4v) is 2.01. The standard InChI is InChI=1S/C10H13N5O2S/c1-15-8(16)4-3-7(14-15)9-12-13-10(18-9)11-5-6-17-2/h3-4H,5-6H2,1-2H3,(H,11,13). The van der Waals surface area contributed by atoms with Crippen molar-refractivity contribution in [1.82, 2.24) is 20.0 Å². The molecule has 0 fully saturated rings. The van der Waals surface area contributed by atoms with Crippen molar-refractivity contribution in [3.63, 3.8) is 0 Å². The third-order valence-corrected chi connectivity index (χ3v) is 3.09. The molecule has 0 aliphatic heterocycles. The number of aryl methyl sites for hydroxylation is 1. The SMILES string of the molecule is COCCNc1nnc(-c2ccc(=O)n(C)n2)s1. The molecule has 0 aliphatic rings. The molecule has 0 aliphatic carbocycles. The second-order valence-corrected chi connectivity index (χ2v) is 4.49. The van der Waals surface area contributed by atoms with E-state index in [9.17, 15) is 4.79 Å². The van der Waals surface area contributed by atoms with E-state index in [1.54, 1.807) is 20.2 Å². The predicted octanol–water partition coefficient (Wildman–Crippen LogP) is 0.357. The van der Waals surface area contributed by atoms with Crippen molar-refractivity contribution in [3.05, 3.63) is 22.5 Å². The van der Waals surface area contributed by atoms with Crippen LogP contribution in [0.15, 0.2) is 16.9 Å². The van der Waals surface area contributed by atoms with Crippen LogP contribution in [0.25, 0.3) is 10.7 Å². The van der Waals surface area contributed by atoms with Crippen LogP contribution < -0.4 is 10.9 Å². The van der Waals surface area contributed by atoms with Crippen LogP contribution in [0.4, 0.5) is 5.13 Å². The summed E-state index contributed by atoms with van der Waals surface area (Å²) in [4.78, 5) is 11.2. The zero-order valence-electron chi connectivity index (χ0n) is 10.1. The highest BCUT2D eigenvalue weighted by Gasteiger charge is 2.08. The summed E-state index contributed by atoms with van der Waals surface area (Å²) in [6.07, 6.45) is 0. The summed E-state index contributed by atoms with van der Waals surface area (Å²) < 4.78 is 6.20. The van der Waals surface area contributed by atoms with E-state index in [4.69, 9.17) is 4.74 Å². The molecule has 0 saturated heterocycles. The molecule has 1 N–H and O–H groups in total. The van der Waals surface area contributed by atoms with Crippen LogP contribution >= 0.6 is 11.3 Å². The molecule has 0 amide bonds. The van der Waals surface area contributed by atoms with Gasteiger partial charge in [0.05, 0.1) is 6.61 Å².